The summed E-state index contributed by atoms with van der Waals surface area (Å²) < 4.78 is 24.4. The normalized spacial score (nSPS) is 11.2. The predicted octanol–water partition coefficient (Wildman–Crippen LogP) is 2.95. The average Bonchev–Trinajstić information content (AvgIpc) is 2.15. The molecule has 90 valence electrons. The number of aromatic nitrogens is 2. The fraction of sp³-hybridized carbons (Fsp3) is 0.600. The molecule has 0 atom stereocenters. The van der Waals surface area contributed by atoms with Crippen LogP contribution in [-0.4, -0.2) is 30.0 Å². The first-order valence-electron chi connectivity index (χ1n) is 4.94. The van der Waals surface area contributed by atoms with Crippen molar-refractivity contribution in [2.24, 2.45) is 0 Å². The zero-order valence-electron chi connectivity index (χ0n) is 9.41. The lowest BCUT2D eigenvalue weighted by atomic mass is 10.2. The first-order valence-corrected chi connectivity index (χ1v) is 5.31. The van der Waals surface area contributed by atoms with E-state index in [1.54, 1.807) is 7.05 Å². The van der Waals surface area contributed by atoms with Crippen molar-refractivity contribution >= 4 is 17.4 Å². The van der Waals surface area contributed by atoms with Crippen LogP contribution in [0.4, 0.5) is 14.6 Å². The Morgan fingerprint density at radius 2 is 2.00 bits per heavy atom. The second kappa shape index (κ2) is 5.39. The van der Waals surface area contributed by atoms with Crippen LogP contribution in [0.1, 0.15) is 25.6 Å². The second-order valence-electron chi connectivity index (χ2n) is 3.83. The number of alkyl halides is 2. The van der Waals surface area contributed by atoms with Crippen LogP contribution in [0.25, 0.3) is 0 Å². The summed E-state index contributed by atoms with van der Waals surface area (Å²) in [6.45, 7) is 3.47. The van der Waals surface area contributed by atoms with Crippen LogP contribution >= 0.6 is 11.6 Å². The minimum absolute atomic E-state index is 0.109. The van der Waals surface area contributed by atoms with Crippen LogP contribution in [0.5, 0.6) is 0 Å². The summed E-state index contributed by atoms with van der Waals surface area (Å²) in [7, 11) is 1.55. The Hall–Kier alpha value is -0.970. The Bertz CT molecular complexity index is 358. The van der Waals surface area contributed by atoms with E-state index in [9.17, 15) is 8.78 Å². The zero-order valence-corrected chi connectivity index (χ0v) is 10.2. The molecule has 0 fully saturated rings. The van der Waals surface area contributed by atoms with Gasteiger partial charge in [0.2, 0.25) is 0 Å². The summed E-state index contributed by atoms with van der Waals surface area (Å²) in [5.74, 6) is 1.09. The molecule has 3 nitrogen and oxygen atoms in total. The second-order valence-corrected chi connectivity index (χ2v) is 4.22. The maximum Gasteiger partial charge on any atom is 0.255 e. The molecule has 0 amide bonds. The number of anilines is 1. The van der Waals surface area contributed by atoms with E-state index in [0.717, 1.165) is 0 Å². The quantitative estimate of drug-likeness (QED) is 0.769. The minimum Gasteiger partial charge on any atom is -0.354 e. The molecule has 0 unspecified atom stereocenters. The summed E-state index contributed by atoms with van der Waals surface area (Å²) in [5.41, 5.74) is 0. The molecular formula is C10H14ClF2N3. The first kappa shape index (κ1) is 13.1. The van der Waals surface area contributed by atoms with Gasteiger partial charge in [0.05, 0.1) is 6.54 Å². The van der Waals surface area contributed by atoms with Gasteiger partial charge in [-0.3, -0.25) is 0 Å². The molecule has 0 saturated heterocycles. The van der Waals surface area contributed by atoms with E-state index in [2.05, 4.69) is 9.97 Å². The zero-order chi connectivity index (χ0) is 12.3. The molecule has 0 aromatic carbocycles. The fourth-order valence-electron chi connectivity index (χ4n) is 1.18. The number of hydrogen-bond donors (Lipinski definition) is 0. The lowest BCUT2D eigenvalue weighted by Crippen LogP contribution is -2.25. The third kappa shape index (κ3) is 3.56. The van der Waals surface area contributed by atoms with Gasteiger partial charge in [0.1, 0.15) is 16.8 Å². The van der Waals surface area contributed by atoms with Gasteiger partial charge in [0.25, 0.3) is 6.43 Å². The summed E-state index contributed by atoms with van der Waals surface area (Å²) in [6.07, 6.45) is -2.40. The van der Waals surface area contributed by atoms with Crippen molar-refractivity contribution in [3.05, 3.63) is 17.0 Å². The first-order chi connectivity index (χ1) is 7.40. The highest BCUT2D eigenvalue weighted by Gasteiger charge is 2.13. The van der Waals surface area contributed by atoms with Crippen molar-refractivity contribution in [2.45, 2.75) is 26.2 Å². The van der Waals surface area contributed by atoms with Gasteiger partial charge < -0.3 is 4.90 Å². The molecule has 1 aromatic rings. The van der Waals surface area contributed by atoms with Gasteiger partial charge in [-0.1, -0.05) is 25.4 Å². The molecule has 16 heavy (non-hydrogen) atoms. The molecule has 1 aromatic heterocycles. The molecular weight excluding hydrogens is 236 g/mol. The van der Waals surface area contributed by atoms with Crippen LogP contribution in [0, 0.1) is 0 Å². The molecule has 0 aliphatic carbocycles. The van der Waals surface area contributed by atoms with E-state index < -0.39 is 6.43 Å². The van der Waals surface area contributed by atoms with Crippen molar-refractivity contribution in [3.8, 4) is 0 Å². The summed E-state index contributed by atoms with van der Waals surface area (Å²) in [6, 6.07) is 1.48. The largest absolute Gasteiger partial charge is 0.354 e. The Morgan fingerprint density at radius 3 is 2.50 bits per heavy atom. The van der Waals surface area contributed by atoms with E-state index in [-0.39, 0.29) is 17.6 Å². The van der Waals surface area contributed by atoms with Gasteiger partial charge in [-0.15, -0.1) is 0 Å². The van der Waals surface area contributed by atoms with E-state index in [4.69, 9.17) is 11.6 Å². The van der Waals surface area contributed by atoms with Gasteiger partial charge in [-0.05, 0) is 0 Å². The number of hydrogen-bond acceptors (Lipinski definition) is 3. The molecule has 0 saturated carbocycles. The maximum absolute atomic E-state index is 12.2. The fourth-order valence-corrected chi connectivity index (χ4v) is 1.36. The van der Waals surface area contributed by atoms with Crippen molar-refractivity contribution in [1.82, 2.24) is 9.97 Å². The molecule has 1 heterocycles. The third-order valence-corrected chi connectivity index (χ3v) is 2.21. The van der Waals surface area contributed by atoms with E-state index >= 15 is 0 Å². The van der Waals surface area contributed by atoms with Crippen molar-refractivity contribution < 1.29 is 8.78 Å². The predicted molar refractivity (Wildman–Crippen MR) is 60.4 cm³/mol. The van der Waals surface area contributed by atoms with Gasteiger partial charge >= 0.3 is 0 Å². The molecule has 0 radical (unpaired) electrons. The lowest BCUT2D eigenvalue weighted by Gasteiger charge is -2.18. The van der Waals surface area contributed by atoms with Crippen LogP contribution < -0.4 is 4.90 Å². The summed E-state index contributed by atoms with van der Waals surface area (Å²) in [5, 5.41) is 0.273. The van der Waals surface area contributed by atoms with E-state index in [1.807, 2.05) is 13.8 Å². The van der Waals surface area contributed by atoms with Gasteiger partial charge in [-0.25, -0.2) is 18.7 Å². The smallest absolute Gasteiger partial charge is 0.255 e. The number of rotatable bonds is 4. The van der Waals surface area contributed by atoms with Crippen molar-refractivity contribution in [2.75, 3.05) is 18.5 Å². The number of nitrogens with zero attached hydrogens (tertiary/aromatic N) is 3. The molecule has 0 aliphatic heterocycles. The van der Waals surface area contributed by atoms with E-state index in [0.29, 0.717) is 11.6 Å². The van der Waals surface area contributed by atoms with Crippen molar-refractivity contribution in [3.63, 3.8) is 0 Å². The lowest BCUT2D eigenvalue weighted by molar-refractivity contribution is 0.156. The Morgan fingerprint density at radius 1 is 1.38 bits per heavy atom. The standard InChI is InChI=1S/C10H14ClF2N3/c1-6(2)10-14-7(11)4-9(15-10)16(3)5-8(12)13/h4,6,8H,5H2,1-3H3. The van der Waals surface area contributed by atoms with Crippen LogP contribution in [0.3, 0.4) is 0 Å². The Kier molecular flexibility index (Phi) is 4.41. The Labute approximate surface area is 98.5 Å². The van der Waals surface area contributed by atoms with Crippen LogP contribution in [0.15, 0.2) is 6.07 Å². The molecule has 0 N–H and O–H groups in total. The molecule has 0 aliphatic rings. The maximum atomic E-state index is 12.2. The highest BCUT2D eigenvalue weighted by Crippen LogP contribution is 2.19. The summed E-state index contributed by atoms with van der Waals surface area (Å²) >= 11 is 5.81. The Balaban J connectivity index is 2.95. The van der Waals surface area contributed by atoms with Gasteiger partial charge in [0.15, 0.2) is 0 Å². The highest BCUT2D eigenvalue weighted by molar-refractivity contribution is 6.29. The monoisotopic (exact) mass is 249 g/mol. The van der Waals surface area contributed by atoms with Gasteiger partial charge in [0, 0.05) is 19.0 Å². The number of halogens is 3. The SMILES string of the molecule is CC(C)c1nc(Cl)cc(N(C)CC(F)F)n1. The average molecular weight is 250 g/mol. The highest BCUT2D eigenvalue weighted by atomic mass is 35.5. The summed E-state index contributed by atoms with van der Waals surface area (Å²) in [4.78, 5) is 9.58. The van der Waals surface area contributed by atoms with Crippen molar-refractivity contribution in [1.29, 1.82) is 0 Å². The van der Waals surface area contributed by atoms with Crippen LogP contribution in [-0.2, 0) is 0 Å². The topological polar surface area (TPSA) is 29.0 Å². The molecule has 0 spiro atoms. The molecule has 0 bridgehead atoms. The molecule has 1 rings (SSSR count). The van der Waals surface area contributed by atoms with E-state index in [1.165, 1.54) is 11.0 Å². The molecule has 6 heteroatoms. The minimum atomic E-state index is -2.40. The third-order valence-electron chi connectivity index (χ3n) is 2.02. The van der Waals surface area contributed by atoms with Gasteiger partial charge in [-0.2, -0.15) is 0 Å². The van der Waals surface area contributed by atoms with Crippen LogP contribution in [0.2, 0.25) is 5.15 Å².